The fraction of sp³-hybridized carbons (Fsp3) is 0.500. The third kappa shape index (κ3) is 6.22. The van der Waals surface area contributed by atoms with E-state index in [1.807, 2.05) is 24.3 Å². The molecule has 2 aliphatic rings. The number of hydrogen-bond acceptors (Lipinski definition) is 10. The van der Waals surface area contributed by atoms with Gasteiger partial charge in [-0.3, -0.25) is 19.0 Å². The molecule has 1 aromatic carbocycles. The summed E-state index contributed by atoms with van der Waals surface area (Å²) in [6.45, 7) is 6.45. The third-order valence-electron chi connectivity index (χ3n) is 8.49. The lowest BCUT2D eigenvalue weighted by Gasteiger charge is -2.30. The number of para-hydroxylation sites is 1. The molecule has 2 fully saturated rings. The van der Waals surface area contributed by atoms with Crippen molar-refractivity contribution in [1.29, 1.82) is 0 Å². The van der Waals surface area contributed by atoms with Crippen LogP contribution in [0.15, 0.2) is 50.7 Å². The number of oxazole rings is 1. The summed E-state index contributed by atoms with van der Waals surface area (Å²) in [4.78, 5) is 53.0. The molecule has 1 atom stereocenters. The average Bonchev–Trinajstić information content (AvgIpc) is 3.56. The number of ether oxygens (including phenoxy) is 3. The van der Waals surface area contributed by atoms with Crippen LogP contribution in [0.1, 0.15) is 56.8 Å². The number of thiophene rings is 1. The zero-order chi connectivity index (χ0) is 31.7. The average molecular weight is 639 g/mol. The van der Waals surface area contributed by atoms with Crippen LogP contribution in [0, 0.1) is 12.8 Å². The molecule has 13 heteroatoms. The molecular weight excluding hydrogens is 600 g/mol. The Morgan fingerprint density at radius 2 is 1.93 bits per heavy atom. The smallest absolute Gasteiger partial charge is 0.333 e. The maximum atomic E-state index is 14.5. The van der Waals surface area contributed by atoms with Gasteiger partial charge >= 0.3 is 5.69 Å². The molecular formula is C32H38N4O8S. The highest BCUT2D eigenvalue weighted by molar-refractivity contribution is 7.22. The topological polar surface area (TPSA) is 136 Å². The van der Waals surface area contributed by atoms with Crippen LogP contribution in [0.5, 0.6) is 5.75 Å². The predicted molar refractivity (Wildman–Crippen MR) is 167 cm³/mol. The number of nitrogens with one attached hydrogen (secondary N) is 1. The Morgan fingerprint density at radius 1 is 1.18 bits per heavy atom. The molecule has 0 spiro atoms. The van der Waals surface area contributed by atoms with Crippen molar-refractivity contribution in [1.82, 2.24) is 19.6 Å². The molecule has 1 saturated carbocycles. The summed E-state index contributed by atoms with van der Waals surface area (Å²) in [5, 5.41) is 0.303. The van der Waals surface area contributed by atoms with E-state index in [1.165, 1.54) is 42.2 Å². The minimum atomic E-state index is -1.59. The van der Waals surface area contributed by atoms with Crippen LogP contribution in [-0.2, 0) is 31.2 Å². The largest absolute Gasteiger partial charge is 0.496 e. The van der Waals surface area contributed by atoms with Crippen molar-refractivity contribution < 1.29 is 28.3 Å². The summed E-state index contributed by atoms with van der Waals surface area (Å²) in [6.07, 6.45) is 5.76. The Hall–Kier alpha value is -3.78. The molecule has 1 N–H and O–H groups in total. The number of methoxy groups -OCH3 is 1. The van der Waals surface area contributed by atoms with Gasteiger partial charge in [0.2, 0.25) is 5.89 Å². The van der Waals surface area contributed by atoms with Crippen LogP contribution in [0.4, 0.5) is 0 Å². The lowest BCUT2D eigenvalue weighted by atomic mass is 10.0. The van der Waals surface area contributed by atoms with E-state index in [4.69, 9.17) is 23.5 Å². The van der Waals surface area contributed by atoms with Crippen molar-refractivity contribution in [3.8, 4) is 16.5 Å². The number of aryl methyl sites for hydroxylation is 1. The van der Waals surface area contributed by atoms with Crippen molar-refractivity contribution in [3.05, 3.63) is 68.7 Å². The second kappa shape index (κ2) is 12.9. The van der Waals surface area contributed by atoms with Gasteiger partial charge in [0, 0.05) is 18.8 Å². The summed E-state index contributed by atoms with van der Waals surface area (Å²) in [5.74, 6) is 0.759. The van der Waals surface area contributed by atoms with Crippen molar-refractivity contribution in [2.45, 2.75) is 70.7 Å². The number of carbonyl (C=O) groups excluding carboxylic acids is 1. The lowest BCUT2D eigenvalue weighted by molar-refractivity contribution is -0.142. The fourth-order valence-corrected chi connectivity index (χ4v) is 6.88. The molecule has 12 nitrogen and oxygen atoms in total. The van der Waals surface area contributed by atoms with E-state index in [9.17, 15) is 14.4 Å². The Kier molecular flexibility index (Phi) is 8.96. The number of aromatic nitrogens is 3. The third-order valence-corrected chi connectivity index (χ3v) is 9.80. The van der Waals surface area contributed by atoms with Gasteiger partial charge in [-0.15, -0.1) is 11.3 Å². The van der Waals surface area contributed by atoms with Crippen LogP contribution in [0.3, 0.4) is 0 Å². The van der Waals surface area contributed by atoms with Gasteiger partial charge in [0.25, 0.3) is 11.5 Å². The number of carbonyl (C=O) groups is 1. The number of rotatable bonds is 12. The van der Waals surface area contributed by atoms with Gasteiger partial charge in [0.05, 0.1) is 42.8 Å². The highest BCUT2D eigenvalue weighted by Gasteiger charge is 2.37. The molecule has 0 unspecified atom stereocenters. The Balaban J connectivity index is 1.51. The molecule has 1 aliphatic carbocycles. The summed E-state index contributed by atoms with van der Waals surface area (Å²) in [6, 6.07) is 7.52. The number of fused-ring (bicyclic) bond motifs is 1. The zero-order valence-electron chi connectivity index (χ0n) is 25.9. The SMILES string of the molecule is COc1ccccc1[C@H](Cn1c(=O)n(C(C)(C)C(=O)NOCC2CC2)c(=O)c2c(C)c(-c3ncco3)sc21)OC1CCOCC1. The van der Waals surface area contributed by atoms with E-state index >= 15 is 0 Å². The standard InChI is InChI=1S/C32H38N4O8S/c1-19-25-28(37)36(32(2,3)30(38)34-43-18-20-9-10-20)31(39)35(29(25)45-26(19)27-33-13-16-42-27)17-24(44-21-11-14-41-15-12-21)22-7-5-6-8-23(22)40-4/h5-8,13,16,20-21,24H,9-12,14-15,17-18H2,1-4H3,(H,34,38)/t24-/m0/s1. The minimum Gasteiger partial charge on any atom is -0.496 e. The minimum absolute atomic E-state index is 0.0498. The highest BCUT2D eigenvalue weighted by atomic mass is 32.1. The Morgan fingerprint density at radius 3 is 2.62 bits per heavy atom. The van der Waals surface area contributed by atoms with Crippen LogP contribution >= 0.6 is 11.3 Å². The molecule has 3 aromatic heterocycles. The van der Waals surface area contributed by atoms with Crippen molar-refractivity contribution in [3.63, 3.8) is 0 Å². The molecule has 4 aromatic rings. The Labute approximate surface area is 263 Å². The fourth-order valence-electron chi connectivity index (χ4n) is 5.63. The maximum Gasteiger partial charge on any atom is 0.333 e. The molecule has 1 amide bonds. The summed E-state index contributed by atoms with van der Waals surface area (Å²) < 4.78 is 26.1. The number of hydroxylamine groups is 1. The van der Waals surface area contributed by atoms with Crippen molar-refractivity contribution in [2.75, 3.05) is 26.9 Å². The maximum absolute atomic E-state index is 14.5. The van der Waals surface area contributed by atoms with E-state index in [0.29, 0.717) is 70.9 Å². The first-order valence-electron chi connectivity index (χ1n) is 15.2. The van der Waals surface area contributed by atoms with Crippen LogP contribution < -0.4 is 21.5 Å². The second-order valence-electron chi connectivity index (χ2n) is 12.0. The summed E-state index contributed by atoms with van der Waals surface area (Å²) in [5.41, 5.74) is 1.01. The predicted octanol–water partition coefficient (Wildman–Crippen LogP) is 4.33. The van der Waals surface area contributed by atoms with Crippen LogP contribution in [0.2, 0.25) is 0 Å². The molecule has 1 saturated heterocycles. The van der Waals surface area contributed by atoms with Crippen molar-refractivity contribution in [2.24, 2.45) is 5.92 Å². The van der Waals surface area contributed by atoms with E-state index < -0.39 is 28.8 Å². The molecule has 6 rings (SSSR count). The molecule has 240 valence electrons. The van der Waals surface area contributed by atoms with Crippen molar-refractivity contribution >= 4 is 27.5 Å². The Bertz CT molecular complexity index is 1780. The monoisotopic (exact) mass is 638 g/mol. The second-order valence-corrected chi connectivity index (χ2v) is 13.0. The zero-order valence-corrected chi connectivity index (χ0v) is 26.7. The van der Waals surface area contributed by atoms with Crippen LogP contribution in [0.25, 0.3) is 21.0 Å². The van der Waals surface area contributed by atoms with Gasteiger partial charge in [0.15, 0.2) is 0 Å². The van der Waals surface area contributed by atoms with Gasteiger partial charge in [-0.05, 0) is 64.0 Å². The van der Waals surface area contributed by atoms with Gasteiger partial charge in [0.1, 0.15) is 28.5 Å². The quantitative estimate of drug-likeness (QED) is 0.225. The highest BCUT2D eigenvalue weighted by Crippen LogP contribution is 2.38. The van der Waals surface area contributed by atoms with E-state index in [1.54, 1.807) is 14.0 Å². The van der Waals surface area contributed by atoms with Gasteiger partial charge < -0.3 is 18.6 Å². The first-order chi connectivity index (χ1) is 21.7. The first-order valence-corrected chi connectivity index (χ1v) is 16.0. The summed E-state index contributed by atoms with van der Waals surface area (Å²) in [7, 11) is 1.59. The first kappa shape index (κ1) is 31.2. The van der Waals surface area contributed by atoms with E-state index in [0.717, 1.165) is 23.0 Å². The number of nitrogens with zero attached hydrogens (tertiary/aromatic N) is 3. The van der Waals surface area contributed by atoms with Gasteiger partial charge in [-0.25, -0.2) is 19.8 Å². The lowest BCUT2D eigenvalue weighted by Crippen LogP contribution is -2.56. The molecule has 0 radical (unpaired) electrons. The number of amides is 1. The molecule has 45 heavy (non-hydrogen) atoms. The number of benzene rings is 1. The normalized spacial score (nSPS) is 16.6. The van der Waals surface area contributed by atoms with Crippen LogP contribution in [-0.4, -0.2) is 53.1 Å². The van der Waals surface area contributed by atoms with Gasteiger partial charge in [-0.2, -0.15) is 0 Å². The summed E-state index contributed by atoms with van der Waals surface area (Å²) >= 11 is 1.24. The number of hydrogen-bond donors (Lipinski definition) is 1. The van der Waals surface area contributed by atoms with Gasteiger partial charge in [-0.1, -0.05) is 18.2 Å². The van der Waals surface area contributed by atoms with E-state index in [-0.39, 0.29) is 12.6 Å². The molecule has 4 heterocycles. The molecule has 0 bridgehead atoms. The van der Waals surface area contributed by atoms with E-state index in [2.05, 4.69) is 10.5 Å². The molecule has 1 aliphatic heterocycles.